The highest BCUT2D eigenvalue weighted by molar-refractivity contribution is 5.71. The molecule has 6 nitrogen and oxygen atoms in total. The van der Waals surface area contributed by atoms with E-state index in [-0.39, 0.29) is 31.1 Å². The highest BCUT2D eigenvalue weighted by Crippen LogP contribution is 2.17. The average molecular weight is 956 g/mol. The predicted octanol–water partition coefficient (Wildman–Crippen LogP) is 20.0. The van der Waals surface area contributed by atoms with Crippen molar-refractivity contribution in [3.05, 3.63) is 36.5 Å². The summed E-state index contributed by atoms with van der Waals surface area (Å²) >= 11 is 0. The van der Waals surface area contributed by atoms with Crippen LogP contribution in [0.2, 0.25) is 0 Å². The van der Waals surface area contributed by atoms with Gasteiger partial charge in [0.25, 0.3) is 0 Å². The Morgan fingerprint density at radius 2 is 0.529 bits per heavy atom. The van der Waals surface area contributed by atoms with E-state index < -0.39 is 6.10 Å². The second-order valence-electron chi connectivity index (χ2n) is 20.3. The third-order valence-corrected chi connectivity index (χ3v) is 13.4. The van der Waals surface area contributed by atoms with Gasteiger partial charge in [-0.1, -0.05) is 263 Å². The van der Waals surface area contributed by atoms with Crippen LogP contribution in [0.15, 0.2) is 36.5 Å². The lowest BCUT2D eigenvalue weighted by Gasteiger charge is -2.18. The number of allylic oxidation sites excluding steroid dienone is 6. The summed E-state index contributed by atoms with van der Waals surface area (Å²) in [5.74, 6) is -0.865. The maximum absolute atomic E-state index is 12.8. The van der Waals surface area contributed by atoms with Gasteiger partial charge in [0.15, 0.2) is 6.10 Å². The van der Waals surface area contributed by atoms with E-state index in [1.54, 1.807) is 0 Å². The van der Waals surface area contributed by atoms with Crippen molar-refractivity contribution in [2.75, 3.05) is 13.2 Å². The fourth-order valence-electron chi connectivity index (χ4n) is 8.82. The molecule has 0 aromatic rings. The molecule has 1 atom stereocenters. The second kappa shape index (κ2) is 57.2. The normalized spacial score (nSPS) is 12.2. The maximum Gasteiger partial charge on any atom is 0.306 e. The molecule has 1 unspecified atom stereocenters. The van der Waals surface area contributed by atoms with Crippen molar-refractivity contribution in [3.63, 3.8) is 0 Å². The molecule has 0 spiro atoms. The van der Waals surface area contributed by atoms with E-state index in [1.165, 1.54) is 212 Å². The van der Waals surface area contributed by atoms with Gasteiger partial charge in [-0.15, -0.1) is 0 Å². The van der Waals surface area contributed by atoms with Crippen LogP contribution in [0.4, 0.5) is 0 Å². The summed E-state index contributed by atoms with van der Waals surface area (Å²) in [5.41, 5.74) is 0. The molecule has 6 heteroatoms. The molecule has 0 bridgehead atoms. The van der Waals surface area contributed by atoms with E-state index in [0.717, 1.165) is 70.6 Å². The lowest BCUT2D eigenvalue weighted by molar-refractivity contribution is -0.167. The van der Waals surface area contributed by atoms with Gasteiger partial charge < -0.3 is 14.2 Å². The third-order valence-electron chi connectivity index (χ3n) is 13.4. The molecule has 0 fully saturated rings. The first-order valence-corrected chi connectivity index (χ1v) is 30.0. The van der Waals surface area contributed by atoms with E-state index in [1.807, 2.05) is 0 Å². The SMILES string of the molecule is CCCCC/C=C\CCCCCCCC(=O)OC(COC(=O)CCCCCCCCCCCCC)COC(=O)CCCCCCCCCCCCCCCCC/C=C\C/C=C\CCCCCCC. The van der Waals surface area contributed by atoms with Crippen molar-refractivity contribution in [3.8, 4) is 0 Å². The lowest BCUT2D eigenvalue weighted by Crippen LogP contribution is -2.30. The molecule has 0 aliphatic carbocycles. The first kappa shape index (κ1) is 65.6. The minimum Gasteiger partial charge on any atom is -0.462 e. The van der Waals surface area contributed by atoms with Crippen molar-refractivity contribution >= 4 is 17.9 Å². The monoisotopic (exact) mass is 955 g/mol. The molecule has 0 aliphatic rings. The molecule has 0 aromatic carbocycles. The van der Waals surface area contributed by atoms with Crippen LogP contribution in [0.25, 0.3) is 0 Å². The van der Waals surface area contributed by atoms with Crippen molar-refractivity contribution in [2.24, 2.45) is 0 Å². The predicted molar refractivity (Wildman–Crippen MR) is 293 cm³/mol. The van der Waals surface area contributed by atoms with E-state index in [2.05, 4.69) is 57.2 Å². The van der Waals surface area contributed by atoms with E-state index >= 15 is 0 Å². The molecule has 0 rings (SSSR count). The second-order valence-corrected chi connectivity index (χ2v) is 20.3. The molecular weight excluding hydrogens is 841 g/mol. The van der Waals surface area contributed by atoms with E-state index in [9.17, 15) is 14.4 Å². The van der Waals surface area contributed by atoms with Crippen LogP contribution < -0.4 is 0 Å². The Labute approximate surface area is 423 Å². The van der Waals surface area contributed by atoms with Gasteiger partial charge in [-0.25, -0.2) is 0 Å². The maximum atomic E-state index is 12.8. The van der Waals surface area contributed by atoms with Crippen LogP contribution in [-0.2, 0) is 28.6 Å². The highest BCUT2D eigenvalue weighted by atomic mass is 16.6. The zero-order valence-electron chi connectivity index (χ0n) is 45.6. The molecule has 0 N–H and O–H groups in total. The number of carbonyl (C=O) groups excluding carboxylic acids is 3. The minimum atomic E-state index is -0.771. The van der Waals surface area contributed by atoms with Crippen LogP contribution >= 0.6 is 0 Å². The fourth-order valence-corrected chi connectivity index (χ4v) is 8.82. The van der Waals surface area contributed by atoms with Crippen LogP contribution in [0.1, 0.15) is 323 Å². The Hall–Kier alpha value is -2.37. The number of hydrogen-bond acceptors (Lipinski definition) is 6. The Morgan fingerprint density at radius 1 is 0.294 bits per heavy atom. The van der Waals surface area contributed by atoms with Gasteiger partial charge in [-0.3, -0.25) is 14.4 Å². The molecular formula is C62H114O6. The van der Waals surface area contributed by atoms with Gasteiger partial charge >= 0.3 is 17.9 Å². The number of hydrogen-bond donors (Lipinski definition) is 0. The first-order valence-electron chi connectivity index (χ1n) is 30.0. The quantitative estimate of drug-likeness (QED) is 0.0262. The molecule has 68 heavy (non-hydrogen) atoms. The Balaban J connectivity index is 4.13. The Morgan fingerprint density at radius 3 is 0.853 bits per heavy atom. The number of unbranched alkanes of at least 4 members (excludes halogenated alkanes) is 38. The Bertz CT molecular complexity index is 1140. The summed E-state index contributed by atoms with van der Waals surface area (Å²) in [6, 6.07) is 0. The third kappa shape index (κ3) is 54.6. The largest absolute Gasteiger partial charge is 0.462 e. The smallest absolute Gasteiger partial charge is 0.306 e. The standard InChI is InChI=1S/C62H114O6/c1-4-7-10-13-16-19-22-24-25-26-27-28-29-30-31-32-33-34-35-36-37-38-41-43-46-49-52-55-61(64)67-58-59(57-66-60(63)54-51-48-45-42-39-21-18-15-12-9-6-3)68-62(65)56-53-50-47-44-40-23-20-17-14-11-8-5-2/h17,20,22,24,26-27,59H,4-16,18-19,21,23,25,28-58H2,1-3H3/b20-17-,24-22-,27-26-. The van der Waals surface area contributed by atoms with Crippen molar-refractivity contribution in [1.29, 1.82) is 0 Å². The van der Waals surface area contributed by atoms with Crippen molar-refractivity contribution in [1.82, 2.24) is 0 Å². The number of rotatable bonds is 55. The number of esters is 3. The van der Waals surface area contributed by atoms with Crippen molar-refractivity contribution in [2.45, 2.75) is 329 Å². The molecule has 0 radical (unpaired) electrons. The summed E-state index contributed by atoms with van der Waals surface area (Å²) in [5, 5.41) is 0. The summed E-state index contributed by atoms with van der Waals surface area (Å²) in [7, 11) is 0. The lowest BCUT2D eigenvalue weighted by atomic mass is 10.0. The Kier molecular flexibility index (Phi) is 55.2. The van der Waals surface area contributed by atoms with Gasteiger partial charge in [0, 0.05) is 19.3 Å². The van der Waals surface area contributed by atoms with Gasteiger partial charge in [0.1, 0.15) is 13.2 Å². The van der Waals surface area contributed by atoms with Gasteiger partial charge in [0.2, 0.25) is 0 Å². The van der Waals surface area contributed by atoms with Gasteiger partial charge in [-0.05, 0) is 77.0 Å². The number of carbonyl (C=O) groups is 3. The summed E-state index contributed by atoms with van der Waals surface area (Å²) in [6.45, 7) is 6.63. The van der Waals surface area contributed by atoms with E-state index in [4.69, 9.17) is 14.2 Å². The molecule has 398 valence electrons. The molecule has 0 heterocycles. The molecule has 0 amide bonds. The van der Waals surface area contributed by atoms with Crippen LogP contribution in [-0.4, -0.2) is 37.2 Å². The first-order chi connectivity index (χ1) is 33.5. The highest BCUT2D eigenvalue weighted by Gasteiger charge is 2.19. The van der Waals surface area contributed by atoms with Gasteiger partial charge in [0.05, 0.1) is 0 Å². The van der Waals surface area contributed by atoms with Crippen molar-refractivity contribution < 1.29 is 28.6 Å². The van der Waals surface area contributed by atoms with Gasteiger partial charge in [-0.2, -0.15) is 0 Å². The molecule has 0 aromatic heterocycles. The topological polar surface area (TPSA) is 78.9 Å². The fraction of sp³-hybridized carbons (Fsp3) is 0.855. The summed E-state index contributed by atoms with van der Waals surface area (Å²) < 4.78 is 16.8. The van der Waals surface area contributed by atoms with Crippen LogP contribution in [0, 0.1) is 0 Å². The summed E-state index contributed by atoms with van der Waals surface area (Å²) in [4.78, 5) is 38.0. The molecule has 0 aliphatic heterocycles. The van der Waals surface area contributed by atoms with E-state index in [0.29, 0.717) is 19.3 Å². The van der Waals surface area contributed by atoms with Crippen LogP contribution in [0.3, 0.4) is 0 Å². The van der Waals surface area contributed by atoms with Crippen LogP contribution in [0.5, 0.6) is 0 Å². The molecule has 0 saturated heterocycles. The average Bonchev–Trinajstić information content (AvgIpc) is 3.34. The minimum absolute atomic E-state index is 0.0713. The zero-order valence-corrected chi connectivity index (χ0v) is 45.6. The molecule has 0 saturated carbocycles. The summed E-state index contributed by atoms with van der Waals surface area (Å²) in [6.07, 6.45) is 68.7. The number of ether oxygens (including phenoxy) is 3. The zero-order chi connectivity index (χ0) is 49.3.